The molecule has 0 radical (unpaired) electrons. The highest BCUT2D eigenvalue weighted by atomic mass is 16.5. The van der Waals surface area contributed by atoms with Gasteiger partial charge < -0.3 is 4.74 Å². The van der Waals surface area contributed by atoms with Gasteiger partial charge in [0.2, 0.25) is 0 Å². The van der Waals surface area contributed by atoms with Gasteiger partial charge in [-0.2, -0.15) is 0 Å². The van der Waals surface area contributed by atoms with Gasteiger partial charge in [0.1, 0.15) is 5.78 Å². The molecule has 0 saturated carbocycles. The molecule has 0 heterocycles. The number of carbonyl (C=O) groups is 1. The van der Waals surface area contributed by atoms with Crippen molar-refractivity contribution < 1.29 is 9.53 Å². The molecular weight excluding hydrogens is 224 g/mol. The van der Waals surface area contributed by atoms with E-state index in [0.29, 0.717) is 13.0 Å². The summed E-state index contributed by atoms with van der Waals surface area (Å²) in [5.74, 6) is 0.173. The molecule has 2 nitrogen and oxygen atoms in total. The molecule has 1 aromatic rings. The average molecular weight is 244 g/mol. The molecule has 0 N–H and O–H groups in total. The minimum absolute atomic E-state index is 0.00610. The van der Waals surface area contributed by atoms with E-state index >= 15 is 0 Å². The van der Waals surface area contributed by atoms with E-state index in [1.54, 1.807) is 13.0 Å². The van der Waals surface area contributed by atoms with Gasteiger partial charge in [0.15, 0.2) is 0 Å². The van der Waals surface area contributed by atoms with Crippen LogP contribution in [0.3, 0.4) is 0 Å². The molecule has 0 aromatic heterocycles. The molecule has 0 bridgehead atoms. The van der Waals surface area contributed by atoms with Crippen LogP contribution in [0.4, 0.5) is 0 Å². The molecule has 0 aliphatic carbocycles. The zero-order valence-electron chi connectivity index (χ0n) is 10.8. The summed E-state index contributed by atoms with van der Waals surface area (Å²) in [5.41, 5.74) is 1.15. The van der Waals surface area contributed by atoms with Crippen LogP contribution in [0.5, 0.6) is 0 Å². The first-order chi connectivity index (χ1) is 8.72. The van der Waals surface area contributed by atoms with Crippen molar-refractivity contribution in [2.45, 2.75) is 32.5 Å². The molecular formula is C16H20O2. The van der Waals surface area contributed by atoms with E-state index in [0.717, 1.165) is 12.0 Å². The zero-order chi connectivity index (χ0) is 13.2. The van der Waals surface area contributed by atoms with Crippen molar-refractivity contribution in [3.05, 3.63) is 60.7 Å². The normalized spacial score (nSPS) is 12.5. The highest BCUT2D eigenvalue weighted by Gasteiger charge is 2.02. The van der Waals surface area contributed by atoms with E-state index in [1.807, 2.05) is 42.5 Å². The second-order valence-corrected chi connectivity index (χ2v) is 4.18. The van der Waals surface area contributed by atoms with Crippen molar-refractivity contribution in [2.75, 3.05) is 0 Å². The minimum Gasteiger partial charge on any atom is -0.369 e. The molecule has 0 amide bonds. The van der Waals surface area contributed by atoms with E-state index in [4.69, 9.17) is 4.74 Å². The van der Waals surface area contributed by atoms with E-state index in [2.05, 4.69) is 6.58 Å². The summed E-state index contributed by atoms with van der Waals surface area (Å²) in [6.45, 7) is 5.93. The Kier molecular flexibility index (Phi) is 6.74. The predicted octanol–water partition coefficient (Wildman–Crippen LogP) is 3.68. The van der Waals surface area contributed by atoms with Crippen molar-refractivity contribution in [1.29, 1.82) is 0 Å². The van der Waals surface area contributed by atoms with Crippen molar-refractivity contribution in [3.63, 3.8) is 0 Å². The summed E-state index contributed by atoms with van der Waals surface area (Å²) < 4.78 is 5.73. The Morgan fingerprint density at radius 1 is 1.33 bits per heavy atom. The molecule has 1 aromatic carbocycles. The summed E-state index contributed by atoms with van der Waals surface area (Å²) in [7, 11) is 0. The molecule has 0 aliphatic heterocycles. The molecule has 18 heavy (non-hydrogen) atoms. The summed E-state index contributed by atoms with van der Waals surface area (Å²) in [4.78, 5) is 10.8. The van der Waals surface area contributed by atoms with Crippen molar-refractivity contribution in [1.82, 2.24) is 0 Å². The maximum absolute atomic E-state index is 10.8. The Morgan fingerprint density at radius 2 is 2.06 bits per heavy atom. The molecule has 0 unspecified atom stereocenters. The van der Waals surface area contributed by atoms with Gasteiger partial charge in [0.25, 0.3) is 0 Å². The van der Waals surface area contributed by atoms with Gasteiger partial charge in [0.05, 0.1) is 12.7 Å². The fraction of sp³-hybridized carbons (Fsp3) is 0.312. The molecule has 0 saturated heterocycles. The lowest BCUT2D eigenvalue weighted by atomic mass is 10.2. The van der Waals surface area contributed by atoms with Crippen LogP contribution >= 0.6 is 0 Å². The highest BCUT2D eigenvalue weighted by molar-refractivity contribution is 5.76. The van der Waals surface area contributed by atoms with Gasteiger partial charge >= 0.3 is 0 Å². The average Bonchev–Trinajstić information content (AvgIpc) is 2.39. The third-order valence-corrected chi connectivity index (χ3v) is 2.51. The van der Waals surface area contributed by atoms with E-state index in [1.165, 1.54) is 0 Å². The number of ketones is 1. The topological polar surface area (TPSA) is 26.3 Å². The number of rotatable bonds is 8. The summed E-state index contributed by atoms with van der Waals surface area (Å²) in [6.07, 6.45) is 6.88. The maximum Gasteiger partial charge on any atom is 0.133 e. The first-order valence-corrected chi connectivity index (χ1v) is 6.15. The number of benzene rings is 1. The monoisotopic (exact) mass is 244 g/mol. The zero-order valence-corrected chi connectivity index (χ0v) is 10.8. The molecule has 1 atom stereocenters. The highest BCUT2D eigenvalue weighted by Crippen LogP contribution is 2.07. The number of Topliss-reactive ketones (excluding diaryl/α,β-unsaturated/α-hetero) is 1. The second kappa shape index (κ2) is 8.43. The van der Waals surface area contributed by atoms with Crippen LogP contribution in [0.2, 0.25) is 0 Å². The Bertz CT molecular complexity index is 393. The number of ether oxygens (including phenoxy) is 1. The molecule has 0 spiro atoms. The van der Waals surface area contributed by atoms with Crippen molar-refractivity contribution in [3.8, 4) is 0 Å². The molecule has 0 aliphatic rings. The molecule has 0 fully saturated rings. The van der Waals surface area contributed by atoms with Crippen LogP contribution in [0.15, 0.2) is 55.1 Å². The lowest BCUT2D eigenvalue weighted by molar-refractivity contribution is -0.116. The smallest absolute Gasteiger partial charge is 0.133 e. The lowest BCUT2D eigenvalue weighted by Crippen LogP contribution is -2.08. The van der Waals surface area contributed by atoms with Crippen LogP contribution in [0, 0.1) is 0 Å². The standard InChI is InChI=1S/C16H20O2/c1-3-16(12-8-7-9-14(2)17)18-13-15-10-5-4-6-11-15/h3-8,10-11,16H,1,9,12-13H2,2H3/b8-7-/t16-/m0/s1. The third kappa shape index (κ3) is 6.16. The minimum atomic E-state index is -0.00610. The number of hydrogen-bond donors (Lipinski definition) is 0. The third-order valence-electron chi connectivity index (χ3n) is 2.51. The maximum atomic E-state index is 10.8. The van der Waals surface area contributed by atoms with Gasteiger partial charge in [-0.15, -0.1) is 6.58 Å². The predicted molar refractivity (Wildman–Crippen MR) is 74.3 cm³/mol. The molecule has 96 valence electrons. The Labute approximate surface area is 109 Å². The number of allylic oxidation sites excluding steroid dienone is 1. The largest absolute Gasteiger partial charge is 0.369 e. The quantitative estimate of drug-likeness (QED) is 0.652. The van der Waals surface area contributed by atoms with E-state index in [9.17, 15) is 4.79 Å². The van der Waals surface area contributed by atoms with Gasteiger partial charge in [-0.3, -0.25) is 4.79 Å². The van der Waals surface area contributed by atoms with Crippen LogP contribution < -0.4 is 0 Å². The Balaban J connectivity index is 2.31. The van der Waals surface area contributed by atoms with Gasteiger partial charge in [0, 0.05) is 6.42 Å². The summed E-state index contributed by atoms with van der Waals surface area (Å²) in [5, 5.41) is 0. The van der Waals surface area contributed by atoms with E-state index in [-0.39, 0.29) is 11.9 Å². The number of carbonyl (C=O) groups excluding carboxylic acids is 1. The fourth-order valence-corrected chi connectivity index (χ4v) is 1.49. The van der Waals surface area contributed by atoms with E-state index < -0.39 is 0 Å². The Hall–Kier alpha value is -1.67. The van der Waals surface area contributed by atoms with Crippen LogP contribution in [-0.4, -0.2) is 11.9 Å². The first-order valence-electron chi connectivity index (χ1n) is 6.15. The van der Waals surface area contributed by atoms with Crippen LogP contribution in [0.25, 0.3) is 0 Å². The lowest BCUT2D eigenvalue weighted by Gasteiger charge is -2.11. The SMILES string of the molecule is C=C[C@@H](C/C=C\CC(C)=O)OCc1ccccc1. The summed E-state index contributed by atoms with van der Waals surface area (Å²) in [6, 6.07) is 10.0. The summed E-state index contributed by atoms with van der Waals surface area (Å²) >= 11 is 0. The molecule has 1 rings (SSSR count). The second-order valence-electron chi connectivity index (χ2n) is 4.18. The first kappa shape index (κ1) is 14.4. The molecule has 2 heteroatoms. The van der Waals surface area contributed by atoms with Crippen LogP contribution in [-0.2, 0) is 16.1 Å². The van der Waals surface area contributed by atoms with Gasteiger partial charge in [-0.05, 0) is 18.9 Å². The number of hydrogen-bond acceptors (Lipinski definition) is 2. The van der Waals surface area contributed by atoms with Crippen molar-refractivity contribution in [2.24, 2.45) is 0 Å². The fourth-order valence-electron chi connectivity index (χ4n) is 1.49. The van der Waals surface area contributed by atoms with Crippen molar-refractivity contribution >= 4 is 5.78 Å². The van der Waals surface area contributed by atoms with Gasteiger partial charge in [-0.25, -0.2) is 0 Å². The van der Waals surface area contributed by atoms with Crippen LogP contribution in [0.1, 0.15) is 25.3 Å². The van der Waals surface area contributed by atoms with Gasteiger partial charge in [-0.1, -0.05) is 48.6 Å². The Morgan fingerprint density at radius 3 is 2.67 bits per heavy atom.